The predicted octanol–water partition coefficient (Wildman–Crippen LogP) is 3.09. The average Bonchev–Trinajstić information content (AvgIpc) is 2.35. The Kier molecular flexibility index (Phi) is 6.14. The van der Waals surface area contributed by atoms with Crippen molar-refractivity contribution in [3.63, 3.8) is 0 Å². The molecule has 1 fully saturated rings. The zero-order valence-corrected chi connectivity index (χ0v) is 11.1. The molecule has 1 unspecified atom stereocenters. The van der Waals surface area contributed by atoms with Crippen LogP contribution in [0.3, 0.4) is 0 Å². The second-order valence-corrected chi connectivity index (χ2v) is 5.91. The summed E-state index contributed by atoms with van der Waals surface area (Å²) in [6.45, 7) is 7.09. The lowest BCUT2D eigenvalue weighted by atomic mass is 9.80. The quantitative estimate of drug-likeness (QED) is 0.407. The normalized spacial score (nSPS) is 29.9. The lowest BCUT2D eigenvalue weighted by Crippen LogP contribution is -2.50. The lowest BCUT2D eigenvalue weighted by Gasteiger charge is -2.37. The minimum absolute atomic E-state index is 0.221. The fraction of sp³-hybridized carbons (Fsp3) is 0.769. The summed E-state index contributed by atoms with van der Waals surface area (Å²) in [6, 6.07) is 0. The Morgan fingerprint density at radius 1 is 1.62 bits per heavy atom. The molecule has 0 amide bonds. The standard InChI is InChI=1S/C13H24N2S/c1-3-13(11-14)10-12(7-8-15-13)6-5-9-16-4-2/h3,11-12,14-15H,1,4-10H2,2H3/t12-,13?/m1/s1. The summed E-state index contributed by atoms with van der Waals surface area (Å²) < 4.78 is 0. The van der Waals surface area contributed by atoms with E-state index in [1.54, 1.807) is 0 Å². The van der Waals surface area contributed by atoms with Gasteiger partial charge in [-0.3, -0.25) is 0 Å². The van der Waals surface area contributed by atoms with E-state index in [-0.39, 0.29) is 5.54 Å². The van der Waals surface area contributed by atoms with Gasteiger partial charge >= 0.3 is 0 Å². The summed E-state index contributed by atoms with van der Waals surface area (Å²) in [5.41, 5.74) is -0.221. The number of rotatable bonds is 7. The smallest absolute Gasteiger partial charge is 0.0716 e. The van der Waals surface area contributed by atoms with E-state index in [4.69, 9.17) is 5.41 Å². The first kappa shape index (κ1) is 13.8. The maximum absolute atomic E-state index is 7.52. The SMILES string of the molecule is C=CC1(C=N)C[C@H](CCCSCC)CCN1. The van der Waals surface area contributed by atoms with Gasteiger partial charge in [-0.2, -0.15) is 11.8 Å². The maximum Gasteiger partial charge on any atom is 0.0716 e. The molecule has 92 valence electrons. The van der Waals surface area contributed by atoms with Gasteiger partial charge < -0.3 is 10.7 Å². The summed E-state index contributed by atoms with van der Waals surface area (Å²) in [5.74, 6) is 3.27. The van der Waals surface area contributed by atoms with Gasteiger partial charge in [-0.05, 0) is 49.7 Å². The Morgan fingerprint density at radius 2 is 2.44 bits per heavy atom. The summed E-state index contributed by atoms with van der Waals surface area (Å²) in [5, 5.41) is 10.9. The first-order valence-electron chi connectivity index (χ1n) is 6.24. The molecule has 1 aliphatic heterocycles. The van der Waals surface area contributed by atoms with Crippen LogP contribution < -0.4 is 5.32 Å². The number of nitrogens with one attached hydrogen (secondary N) is 2. The van der Waals surface area contributed by atoms with Crippen molar-refractivity contribution in [2.45, 2.75) is 38.1 Å². The van der Waals surface area contributed by atoms with Gasteiger partial charge in [0.15, 0.2) is 0 Å². The first-order valence-corrected chi connectivity index (χ1v) is 7.40. The van der Waals surface area contributed by atoms with Gasteiger partial charge in [0.1, 0.15) is 0 Å². The molecular formula is C13H24N2S. The van der Waals surface area contributed by atoms with Gasteiger partial charge in [-0.25, -0.2) is 0 Å². The van der Waals surface area contributed by atoms with Crippen LogP contribution >= 0.6 is 11.8 Å². The molecule has 3 heteroatoms. The predicted molar refractivity (Wildman–Crippen MR) is 74.7 cm³/mol. The lowest BCUT2D eigenvalue weighted by molar-refractivity contribution is 0.284. The van der Waals surface area contributed by atoms with Crippen LogP contribution in [0.25, 0.3) is 0 Å². The van der Waals surface area contributed by atoms with Crippen LogP contribution in [-0.2, 0) is 0 Å². The van der Waals surface area contributed by atoms with E-state index in [1.807, 2.05) is 17.8 Å². The van der Waals surface area contributed by atoms with E-state index in [0.717, 1.165) is 18.9 Å². The van der Waals surface area contributed by atoms with Crippen molar-refractivity contribution in [3.05, 3.63) is 12.7 Å². The zero-order valence-electron chi connectivity index (χ0n) is 10.3. The second-order valence-electron chi connectivity index (χ2n) is 4.51. The highest BCUT2D eigenvalue weighted by Gasteiger charge is 2.31. The van der Waals surface area contributed by atoms with E-state index >= 15 is 0 Å². The van der Waals surface area contributed by atoms with Crippen LogP contribution in [0.15, 0.2) is 12.7 Å². The van der Waals surface area contributed by atoms with E-state index in [2.05, 4.69) is 18.8 Å². The van der Waals surface area contributed by atoms with Gasteiger partial charge in [0.05, 0.1) is 5.54 Å². The fourth-order valence-electron chi connectivity index (χ4n) is 2.35. The first-order chi connectivity index (χ1) is 7.76. The highest BCUT2D eigenvalue weighted by Crippen LogP contribution is 2.28. The number of hydrogen-bond donors (Lipinski definition) is 2. The molecule has 2 nitrogen and oxygen atoms in total. The molecule has 1 heterocycles. The molecule has 1 rings (SSSR count). The molecule has 2 atom stereocenters. The number of piperidine rings is 1. The molecule has 0 radical (unpaired) electrons. The molecule has 1 aliphatic rings. The molecule has 1 saturated heterocycles. The summed E-state index contributed by atoms with van der Waals surface area (Å²) in [4.78, 5) is 0. The molecular weight excluding hydrogens is 216 g/mol. The van der Waals surface area contributed by atoms with Crippen LogP contribution in [0.2, 0.25) is 0 Å². The molecule has 0 bridgehead atoms. The number of hydrogen-bond acceptors (Lipinski definition) is 3. The Labute approximate surface area is 104 Å². The van der Waals surface area contributed by atoms with Gasteiger partial charge in [-0.15, -0.1) is 6.58 Å². The molecule has 0 aromatic heterocycles. The molecule has 0 aliphatic carbocycles. The Bertz CT molecular complexity index is 220. The fourth-order valence-corrected chi connectivity index (χ4v) is 3.01. The third-order valence-corrected chi connectivity index (χ3v) is 4.35. The van der Waals surface area contributed by atoms with Crippen molar-refractivity contribution >= 4 is 18.0 Å². The van der Waals surface area contributed by atoms with Crippen LogP contribution in [0.4, 0.5) is 0 Å². The Morgan fingerprint density at radius 3 is 3.06 bits per heavy atom. The van der Waals surface area contributed by atoms with Crippen LogP contribution in [0, 0.1) is 11.3 Å². The third kappa shape index (κ3) is 3.95. The highest BCUT2D eigenvalue weighted by atomic mass is 32.2. The monoisotopic (exact) mass is 240 g/mol. The minimum atomic E-state index is -0.221. The van der Waals surface area contributed by atoms with Crippen LogP contribution in [0.1, 0.15) is 32.6 Å². The van der Waals surface area contributed by atoms with E-state index in [0.29, 0.717) is 0 Å². The molecule has 0 saturated carbocycles. The van der Waals surface area contributed by atoms with Gasteiger partial charge in [0.2, 0.25) is 0 Å². The van der Waals surface area contributed by atoms with Crippen molar-refractivity contribution < 1.29 is 0 Å². The zero-order chi connectivity index (χ0) is 11.9. The van der Waals surface area contributed by atoms with Crippen molar-refractivity contribution in [1.82, 2.24) is 5.32 Å². The summed E-state index contributed by atoms with van der Waals surface area (Å²) >= 11 is 2.03. The average molecular weight is 240 g/mol. The summed E-state index contributed by atoms with van der Waals surface area (Å²) in [6.07, 6.45) is 8.34. The minimum Gasteiger partial charge on any atom is -0.311 e. The molecule has 0 aromatic rings. The van der Waals surface area contributed by atoms with E-state index in [1.165, 1.54) is 37.0 Å². The molecule has 0 spiro atoms. The maximum atomic E-state index is 7.52. The van der Waals surface area contributed by atoms with Gasteiger partial charge in [0, 0.05) is 6.21 Å². The second kappa shape index (κ2) is 7.13. The topological polar surface area (TPSA) is 35.9 Å². The molecule has 2 N–H and O–H groups in total. The Hall–Kier alpha value is -0.280. The summed E-state index contributed by atoms with van der Waals surface area (Å²) in [7, 11) is 0. The molecule has 16 heavy (non-hydrogen) atoms. The largest absolute Gasteiger partial charge is 0.311 e. The van der Waals surface area contributed by atoms with Gasteiger partial charge in [0.25, 0.3) is 0 Å². The van der Waals surface area contributed by atoms with Gasteiger partial charge in [-0.1, -0.05) is 13.0 Å². The van der Waals surface area contributed by atoms with Crippen molar-refractivity contribution in [2.24, 2.45) is 5.92 Å². The van der Waals surface area contributed by atoms with Crippen molar-refractivity contribution in [1.29, 1.82) is 5.41 Å². The molecule has 0 aromatic carbocycles. The van der Waals surface area contributed by atoms with Crippen LogP contribution in [0.5, 0.6) is 0 Å². The van der Waals surface area contributed by atoms with Crippen molar-refractivity contribution in [3.8, 4) is 0 Å². The van der Waals surface area contributed by atoms with Crippen LogP contribution in [-0.4, -0.2) is 29.8 Å². The van der Waals surface area contributed by atoms with Crippen molar-refractivity contribution in [2.75, 3.05) is 18.1 Å². The third-order valence-electron chi connectivity index (χ3n) is 3.36. The number of thioether (sulfide) groups is 1. The highest BCUT2D eigenvalue weighted by molar-refractivity contribution is 7.99. The Balaban J connectivity index is 2.32. The van der Waals surface area contributed by atoms with E-state index < -0.39 is 0 Å². The van der Waals surface area contributed by atoms with E-state index in [9.17, 15) is 0 Å².